The fourth-order valence-corrected chi connectivity index (χ4v) is 1.27. The molecule has 5 nitrogen and oxygen atoms in total. The van der Waals surface area contributed by atoms with Crippen molar-refractivity contribution in [2.24, 2.45) is 0 Å². The lowest BCUT2D eigenvalue weighted by Crippen LogP contribution is -2.35. The number of nitrogens with one attached hydrogen (secondary N) is 1. The molecule has 7 heteroatoms. The van der Waals surface area contributed by atoms with Crippen molar-refractivity contribution < 1.29 is 9.18 Å². The molecule has 1 aromatic rings. The molecule has 80 valence electrons. The van der Waals surface area contributed by atoms with Crippen molar-refractivity contribution in [1.29, 1.82) is 0 Å². The van der Waals surface area contributed by atoms with Crippen LogP contribution < -0.4 is 11.2 Å². The van der Waals surface area contributed by atoms with Gasteiger partial charge in [0.05, 0.1) is 17.6 Å². The third kappa shape index (κ3) is 2.66. The summed E-state index contributed by atoms with van der Waals surface area (Å²) in [7, 11) is 0. The van der Waals surface area contributed by atoms with Crippen LogP contribution in [0.3, 0.4) is 0 Å². The van der Waals surface area contributed by atoms with Crippen LogP contribution in [0.4, 0.5) is 4.39 Å². The molecule has 0 aromatic carbocycles. The highest BCUT2D eigenvalue weighted by Gasteiger charge is 2.09. The number of nitrogens with zero attached hydrogens (tertiary/aromatic N) is 1. The van der Waals surface area contributed by atoms with E-state index >= 15 is 0 Å². The molecule has 0 spiro atoms. The van der Waals surface area contributed by atoms with E-state index in [2.05, 4.69) is 0 Å². The van der Waals surface area contributed by atoms with Gasteiger partial charge in [-0.15, -0.1) is 0 Å². The van der Waals surface area contributed by atoms with Crippen LogP contribution in [0.15, 0.2) is 15.8 Å². The first-order valence-corrected chi connectivity index (χ1v) is 4.36. The summed E-state index contributed by atoms with van der Waals surface area (Å²) in [6.07, 6.45) is 0.521. The Balaban J connectivity index is 3.21. The molecule has 0 aliphatic heterocycles. The molecule has 1 rings (SSSR count). The summed E-state index contributed by atoms with van der Waals surface area (Å²) in [5.74, 6) is -1.38. The van der Waals surface area contributed by atoms with Gasteiger partial charge in [0.25, 0.3) is 5.56 Å². The molecule has 0 unspecified atom stereocenters. The van der Waals surface area contributed by atoms with Crippen LogP contribution in [0.25, 0.3) is 0 Å². The summed E-state index contributed by atoms with van der Waals surface area (Å²) in [4.78, 5) is 34.2. The number of rotatable bonds is 2. The Kier molecular flexibility index (Phi) is 3.25. The zero-order valence-electron chi connectivity index (χ0n) is 7.74. The number of carbonyl (C=O) groups excluding carboxylic acids is 1. The third-order valence-corrected chi connectivity index (χ3v) is 1.91. The molecule has 0 saturated heterocycles. The van der Waals surface area contributed by atoms with Crippen molar-refractivity contribution >= 4 is 23.0 Å². The predicted octanol–water partition coefficient (Wildman–Crippen LogP) is -0.170. The highest BCUT2D eigenvalue weighted by Crippen LogP contribution is 1.92. The molecular weight excluding hydrogens is 223 g/mol. The molecule has 0 radical (unpaired) electrons. The van der Waals surface area contributed by atoms with E-state index in [0.717, 1.165) is 4.57 Å². The van der Waals surface area contributed by atoms with Crippen molar-refractivity contribution in [2.45, 2.75) is 13.3 Å². The molecule has 0 bridgehead atoms. The standard InChI is InChI=1S/C8H7FN2O3S/c1-4(12)2-6(15)11-3-5(9)7(13)10-8(11)14/h3H,2H2,1H3,(H,10,13,14). The average molecular weight is 230 g/mol. The Bertz CT molecular complexity index is 531. The van der Waals surface area contributed by atoms with E-state index < -0.39 is 17.1 Å². The zero-order chi connectivity index (χ0) is 11.6. The SMILES string of the molecule is CC(=O)CC(=S)n1cc(F)c(=O)[nH]c1=O. The van der Waals surface area contributed by atoms with Gasteiger partial charge in [-0.25, -0.2) is 4.79 Å². The summed E-state index contributed by atoms with van der Waals surface area (Å²) in [6, 6.07) is 0. The molecule has 1 aromatic heterocycles. The number of hydrogen-bond acceptors (Lipinski definition) is 4. The monoisotopic (exact) mass is 230 g/mol. The van der Waals surface area contributed by atoms with Crippen LogP contribution in [0.5, 0.6) is 0 Å². The molecular formula is C8H7FN2O3S. The van der Waals surface area contributed by atoms with Crippen molar-refractivity contribution in [3.05, 3.63) is 32.9 Å². The Hall–Kier alpha value is -1.63. The predicted molar refractivity (Wildman–Crippen MR) is 54.6 cm³/mol. The van der Waals surface area contributed by atoms with Crippen molar-refractivity contribution in [3.63, 3.8) is 0 Å². The first kappa shape index (κ1) is 11.4. The second kappa shape index (κ2) is 4.26. The van der Waals surface area contributed by atoms with E-state index in [4.69, 9.17) is 12.2 Å². The fourth-order valence-electron chi connectivity index (χ4n) is 0.931. The Morgan fingerprint density at radius 3 is 2.73 bits per heavy atom. The normalized spacial score (nSPS) is 10.0. The van der Waals surface area contributed by atoms with E-state index in [1.807, 2.05) is 0 Å². The number of aromatic nitrogens is 2. The maximum absolute atomic E-state index is 12.8. The number of H-pyrrole nitrogens is 1. The van der Waals surface area contributed by atoms with Crippen LogP contribution in [0.1, 0.15) is 13.3 Å². The van der Waals surface area contributed by atoms with Crippen molar-refractivity contribution in [2.75, 3.05) is 0 Å². The minimum absolute atomic E-state index is 0.0531. The quantitative estimate of drug-likeness (QED) is 0.716. The van der Waals surface area contributed by atoms with Crippen LogP contribution in [0, 0.1) is 5.82 Å². The van der Waals surface area contributed by atoms with Crippen molar-refractivity contribution in [1.82, 2.24) is 9.55 Å². The fraction of sp³-hybridized carbons (Fsp3) is 0.250. The molecule has 1 heterocycles. The first-order valence-electron chi connectivity index (χ1n) is 3.96. The van der Waals surface area contributed by atoms with E-state index in [-0.39, 0.29) is 17.2 Å². The molecule has 0 aliphatic rings. The molecule has 0 aliphatic carbocycles. The summed E-state index contributed by atoms with van der Waals surface area (Å²) < 4.78 is 13.5. The molecule has 0 saturated carbocycles. The van der Waals surface area contributed by atoms with Crippen LogP contribution in [-0.2, 0) is 4.79 Å². The number of halogens is 1. The summed E-state index contributed by atoms with van der Waals surface area (Å²) >= 11 is 4.74. The van der Waals surface area contributed by atoms with Gasteiger partial charge in [-0.2, -0.15) is 4.39 Å². The Labute approximate surface area is 88.5 Å². The van der Waals surface area contributed by atoms with Gasteiger partial charge in [-0.05, 0) is 6.92 Å². The molecule has 1 N–H and O–H groups in total. The van der Waals surface area contributed by atoms with E-state index in [0.29, 0.717) is 6.20 Å². The topological polar surface area (TPSA) is 71.9 Å². The van der Waals surface area contributed by atoms with Gasteiger partial charge in [-0.1, -0.05) is 12.2 Å². The minimum atomic E-state index is -1.12. The number of aromatic amines is 1. The minimum Gasteiger partial charge on any atom is -0.300 e. The lowest BCUT2D eigenvalue weighted by molar-refractivity contribution is -0.115. The highest BCUT2D eigenvalue weighted by molar-refractivity contribution is 7.80. The number of hydrogen-bond donors (Lipinski definition) is 1. The third-order valence-electron chi connectivity index (χ3n) is 1.57. The van der Waals surface area contributed by atoms with Gasteiger partial charge in [0.15, 0.2) is 0 Å². The molecule has 0 fully saturated rings. The second-order valence-electron chi connectivity index (χ2n) is 2.88. The number of Topliss-reactive ketones (excluding diaryl/α,β-unsaturated/α-hetero) is 1. The van der Waals surface area contributed by atoms with Crippen LogP contribution in [-0.4, -0.2) is 20.3 Å². The smallest absolute Gasteiger partial charge is 0.300 e. The summed E-state index contributed by atoms with van der Waals surface area (Å²) in [6.45, 7) is 1.29. The van der Waals surface area contributed by atoms with Crippen LogP contribution in [0.2, 0.25) is 0 Å². The maximum atomic E-state index is 12.8. The van der Waals surface area contributed by atoms with Gasteiger partial charge in [0.1, 0.15) is 5.78 Å². The first-order chi connectivity index (χ1) is 6.91. The Morgan fingerprint density at radius 1 is 1.60 bits per heavy atom. The van der Waals surface area contributed by atoms with Gasteiger partial charge in [0, 0.05) is 0 Å². The maximum Gasteiger partial charge on any atom is 0.333 e. The largest absolute Gasteiger partial charge is 0.333 e. The molecule has 0 amide bonds. The lowest BCUT2D eigenvalue weighted by atomic mass is 10.3. The van der Waals surface area contributed by atoms with Gasteiger partial charge >= 0.3 is 5.69 Å². The average Bonchev–Trinajstić information content (AvgIpc) is 2.09. The second-order valence-corrected chi connectivity index (χ2v) is 3.35. The summed E-state index contributed by atoms with van der Waals surface area (Å²) in [5.41, 5.74) is -1.96. The molecule has 15 heavy (non-hydrogen) atoms. The number of thiocarbonyl (C=S) groups is 1. The van der Waals surface area contributed by atoms with E-state index in [9.17, 15) is 18.8 Å². The van der Waals surface area contributed by atoms with Gasteiger partial charge < -0.3 is 0 Å². The lowest BCUT2D eigenvalue weighted by Gasteiger charge is -2.03. The zero-order valence-corrected chi connectivity index (χ0v) is 8.56. The van der Waals surface area contributed by atoms with Crippen LogP contribution >= 0.6 is 12.2 Å². The number of ketones is 1. The van der Waals surface area contributed by atoms with Gasteiger partial charge in [-0.3, -0.25) is 19.1 Å². The number of carbonyl (C=O) groups is 1. The van der Waals surface area contributed by atoms with E-state index in [1.54, 1.807) is 4.98 Å². The Morgan fingerprint density at radius 2 is 2.20 bits per heavy atom. The van der Waals surface area contributed by atoms with Crippen molar-refractivity contribution in [3.8, 4) is 0 Å². The van der Waals surface area contributed by atoms with Gasteiger partial charge in [0.2, 0.25) is 5.82 Å². The summed E-state index contributed by atoms with van der Waals surface area (Å²) in [5, 5.41) is 0. The van der Waals surface area contributed by atoms with E-state index in [1.165, 1.54) is 6.92 Å². The molecule has 0 atom stereocenters. The highest BCUT2D eigenvalue weighted by atomic mass is 32.1.